The Morgan fingerprint density at radius 1 is 1.47 bits per heavy atom. The topological polar surface area (TPSA) is 36.3 Å². The number of rotatable bonds is 3. The van der Waals surface area contributed by atoms with Crippen LogP contribution in [0.15, 0.2) is 0 Å². The molecule has 1 N–H and O–H groups in total. The average Bonchev–Trinajstić information content (AvgIpc) is 2.69. The van der Waals surface area contributed by atoms with E-state index in [1.807, 2.05) is 0 Å². The van der Waals surface area contributed by atoms with Gasteiger partial charge in [-0.25, -0.2) is 0 Å². The Morgan fingerprint density at radius 2 is 2.33 bits per heavy atom. The highest BCUT2D eigenvalue weighted by molar-refractivity contribution is 5.79. The lowest BCUT2D eigenvalue weighted by atomic mass is 9.97. The molecule has 0 aromatic carbocycles. The Hall–Kier alpha value is -0.570. The number of amidine groups is 1. The Bertz CT molecular complexity index is 230. The summed E-state index contributed by atoms with van der Waals surface area (Å²) in [5.41, 5.74) is 0. The van der Waals surface area contributed by atoms with Crippen LogP contribution < -0.4 is 0 Å². The van der Waals surface area contributed by atoms with Crippen LogP contribution in [0.25, 0.3) is 0 Å². The summed E-state index contributed by atoms with van der Waals surface area (Å²) in [6.45, 7) is 5.26. The maximum atomic E-state index is 7.92. The van der Waals surface area contributed by atoms with Crippen LogP contribution in [0.2, 0.25) is 0 Å². The lowest BCUT2D eigenvalue weighted by Crippen LogP contribution is -2.40. The summed E-state index contributed by atoms with van der Waals surface area (Å²) in [7, 11) is 0. The highest BCUT2D eigenvalue weighted by Gasteiger charge is 2.29. The van der Waals surface area contributed by atoms with Crippen molar-refractivity contribution in [2.45, 2.75) is 45.1 Å². The fraction of sp³-hybridized carbons (Fsp3) is 0.917. The maximum absolute atomic E-state index is 7.92. The van der Waals surface area contributed by atoms with Gasteiger partial charge in [0.15, 0.2) is 0 Å². The van der Waals surface area contributed by atoms with Gasteiger partial charge in [0, 0.05) is 32.0 Å². The van der Waals surface area contributed by atoms with Crippen LogP contribution in [-0.4, -0.2) is 36.5 Å². The van der Waals surface area contributed by atoms with E-state index in [2.05, 4.69) is 11.8 Å². The third-order valence-electron chi connectivity index (χ3n) is 3.68. The van der Waals surface area contributed by atoms with Gasteiger partial charge in [-0.3, -0.25) is 5.41 Å². The molecule has 2 saturated heterocycles. The van der Waals surface area contributed by atoms with Crippen LogP contribution in [-0.2, 0) is 4.74 Å². The summed E-state index contributed by atoms with van der Waals surface area (Å²) >= 11 is 0. The maximum Gasteiger partial charge on any atom is 0.0957 e. The quantitative estimate of drug-likeness (QED) is 0.775. The van der Waals surface area contributed by atoms with Gasteiger partial charge >= 0.3 is 0 Å². The van der Waals surface area contributed by atoms with Crippen LogP contribution in [0.1, 0.15) is 39.0 Å². The summed E-state index contributed by atoms with van der Waals surface area (Å²) in [5, 5.41) is 7.92. The molecule has 2 atom stereocenters. The molecule has 0 bridgehead atoms. The molecule has 0 spiro atoms. The molecule has 15 heavy (non-hydrogen) atoms. The van der Waals surface area contributed by atoms with Crippen molar-refractivity contribution < 1.29 is 4.74 Å². The molecule has 0 aliphatic carbocycles. The van der Waals surface area contributed by atoms with E-state index in [9.17, 15) is 0 Å². The summed E-state index contributed by atoms with van der Waals surface area (Å²) < 4.78 is 5.69. The minimum absolute atomic E-state index is 0.444. The standard InChI is InChI=1S/C12H22N2O/c1-2-11-10(6-8-15-11)9-14-7-4-3-5-12(14)13/h10-11,13H,2-9H2,1H3. The van der Waals surface area contributed by atoms with Crippen molar-refractivity contribution in [3.05, 3.63) is 0 Å². The Kier molecular flexibility index (Phi) is 3.62. The minimum Gasteiger partial charge on any atom is -0.378 e. The van der Waals surface area contributed by atoms with Crippen molar-refractivity contribution in [2.24, 2.45) is 5.92 Å². The molecular formula is C12H22N2O. The largest absolute Gasteiger partial charge is 0.378 e. The molecule has 2 heterocycles. The summed E-state index contributed by atoms with van der Waals surface area (Å²) in [4.78, 5) is 2.27. The molecule has 2 unspecified atom stereocenters. The second-order valence-electron chi connectivity index (χ2n) is 4.72. The number of nitrogens with zero attached hydrogens (tertiary/aromatic N) is 1. The van der Waals surface area contributed by atoms with Gasteiger partial charge < -0.3 is 9.64 Å². The van der Waals surface area contributed by atoms with Crippen molar-refractivity contribution in [1.29, 1.82) is 5.41 Å². The smallest absolute Gasteiger partial charge is 0.0957 e. The first-order valence-corrected chi connectivity index (χ1v) is 6.25. The van der Waals surface area contributed by atoms with Gasteiger partial charge in [0.25, 0.3) is 0 Å². The van der Waals surface area contributed by atoms with Crippen LogP contribution >= 0.6 is 0 Å². The van der Waals surface area contributed by atoms with E-state index >= 15 is 0 Å². The van der Waals surface area contributed by atoms with E-state index in [0.717, 1.165) is 38.4 Å². The molecule has 3 heteroatoms. The van der Waals surface area contributed by atoms with Gasteiger partial charge in [-0.05, 0) is 25.7 Å². The number of piperidine rings is 1. The molecule has 0 aromatic rings. The van der Waals surface area contributed by atoms with Crippen molar-refractivity contribution in [2.75, 3.05) is 19.7 Å². The van der Waals surface area contributed by atoms with Gasteiger partial charge in [0.2, 0.25) is 0 Å². The fourth-order valence-electron chi connectivity index (χ4n) is 2.73. The first-order valence-electron chi connectivity index (χ1n) is 6.25. The normalized spacial score (nSPS) is 32.3. The van der Waals surface area contributed by atoms with Crippen LogP contribution in [0.4, 0.5) is 0 Å². The number of likely N-dealkylation sites (tertiary alicyclic amines) is 1. The molecule has 0 saturated carbocycles. The van der Waals surface area contributed by atoms with Crippen molar-refractivity contribution in [1.82, 2.24) is 4.90 Å². The van der Waals surface area contributed by atoms with Gasteiger partial charge in [-0.1, -0.05) is 6.92 Å². The van der Waals surface area contributed by atoms with Crippen molar-refractivity contribution in [3.63, 3.8) is 0 Å². The molecule has 2 aliphatic rings. The van der Waals surface area contributed by atoms with Gasteiger partial charge in [-0.15, -0.1) is 0 Å². The first kappa shape index (κ1) is 10.9. The van der Waals surface area contributed by atoms with E-state index in [1.54, 1.807) is 0 Å². The molecule has 3 nitrogen and oxygen atoms in total. The number of hydrogen-bond acceptors (Lipinski definition) is 2. The van der Waals surface area contributed by atoms with Crippen LogP contribution in [0.5, 0.6) is 0 Å². The van der Waals surface area contributed by atoms with Crippen molar-refractivity contribution >= 4 is 5.84 Å². The molecule has 0 amide bonds. The minimum atomic E-state index is 0.444. The average molecular weight is 210 g/mol. The van der Waals surface area contributed by atoms with Gasteiger partial charge in [-0.2, -0.15) is 0 Å². The molecule has 2 rings (SSSR count). The number of ether oxygens (including phenoxy) is 1. The molecule has 2 aliphatic heterocycles. The third kappa shape index (κ3) is 2.51. The lowest BCUT2D eigenvalue weighted by molar-refractivity contribution is 0.0811. The van der Waals surface area contributed by atoms with E-state index < -0.39 is 0 Å². The highest BCUT2D eigenvalue weighted by atomic mass is 16.5. The number of hydrogen-bond donors (Lipinski definition) is 1. The molecular weight excluding hydrogens is 188 g/mol. The molecule has 0 radical (unpaired) electrons. The second-order valence-corrected chi connectivity index (χ2v) is 4.72. The summed E-state index contributed by atoms with van der Waals surface area (Å²) in [6.07, 6.45) is 6.18. The number of nitrogens with one attached hydrogen (secondary N) is 1. The van der Waals surface area contributed by atoms with Gasteiger partial charge in [0.05, 0.1) is 11.9 Å². The monoisotopic (exact) mass is 210 g/mol. The van der Waals surface area contributed by atoms with E-state index in [1.165, 1.54) is 19.3 Å². The molecule has 2 fully saturated rings. The highest BCUT2D eigenvalue weighted by Crippen LogP contribution is 2.25. The zero-order valence-electron chi connectivity index (χ0n) is 9.67. The van der Waals surface area contributed by atoms with Crippen LogP contribution in [0, 0.1) is 11.3 Å². The van der Waals surface area contributed by atoms with Crippen LogP contribution in [0.3, 0.4) is 0 Å². The Balaban J connectivity index is 1.86. The van der Waals surface area contributed by atoms with E-state index in [0.29, 0.717) is 12.0 Å². The summed E-state index contributed by atoms with van der Waals surface area (Å²) in [5.74, 6) is 1.51. The third-order valence-corrected chi connectivity index (χ3v) is 3.68. The Morgan fingerprint density at radius 3 is 3.07 bits per heavy atom. The zero-order chi connectivity index (χ0) is 10.7. The predicted molar refractivity (Wildman–Crippen MR) is 61.3 cm³/mol. The van der Waals surface area contributed by atoms with E-state index in [4.69, 9.17) is 10.1 Å². The second kappa shape index (κ2) is 4.97. The Labute approximate surface area is 92.3 Å². The van der Waals surface area contributed by atoms with Gasteiger partial charge in [0.1, 0.15) is 0 Å². The lowest BCUT2D eigenvalue weighted by Gasteiger charge is -2.32. The predicted octanol–water partition coefficient (Wildman–Crippen LogP) is 2.26. The molecule has 0 aromatic heterocycles. The van der Waals surface area contributed by atoms with Crippen molar-refractivity contribution in [3.8, 4) is 0 Å². The molecule has 86 valence electrons. The SMILES string of the molecule is CCC1OCCC1CN1CCCCC1=N. The van der Waals surface area contributed by atoms with E-state index in [-0.39, 0.29) is 0 Å². The zero-order valence-corrected chi connectivity index (χ0v) is 9.67. The summed E-state index contributed by atoms with van der Waals surface area (Å²) in [6, 6.07) is 0. The first-order chi connectivity index (χ1) is 7.31. The fourth-order valence-corrected chi connectivity index (χ4v) is 2.73.